The number of nitrogen functional groups attached to an aromatic ring is 1. The van der Waals surface area contributed by atoms with Gasteiger partial charge in [-0.05, 0) is 6.07 Å². The summed E-state index contributed by atoms with van der Waals surface area (Å²) in [6, 6.07) is 1.37. The molecule has 2 heterocycles. The highest BCUT2D eigenvalue weighted by atomic mass is 31.2. The van der Waals surface area contributed by atoms with Crippen LogP contribution in [0.5, 0.6) is 0 Å². The first-order valence-electron chi connectivity index (χ1n) is 5.67. The Morgan fingerprint density at radius 2 is 1.95 bits per heavy atom. The summed E-state index contributed by atoms with van der Waals surface area (Å²) in [5.74, 6) is 0.0537. The number of hydrogen-bond acceptors (Lipinski definition) is 10. The van der Waals surface area contributed by atoms with Crippen LogP contribution in [0.2, 0.25) is 0 Å². The van der Waals surface area contributed by atoms with Crippen molar-refractivity contribution < 1.29 is 29.8 Å². The number of aliphatic hydroxyl groups is 3. The number of aromatic nitrogens is 2. The van der Waals surface area contributed by atoms with Gasteiger partial charge in [0, 0.05) is 6.20 Å². The molecule has 2 rings (SSSR count). The Kier molecular flexibility index (Phi) is 6.58. The van der Waals surface area contributed by atoms with Gasteiger partial charge in [0.15, 0.2) is 6.23 Å². The van der Waals surface area contributed by atoms with E-state index in [0.717, 1.165) is 4.57 Å². The van der Waals surface area contributed by atoms with Crippen LogP contribution in [0.3, 0.4) is 0 Å². The highest BCUT2D eigenvalue weighted by molar-refractivity contribution is 7.42. The van der Waals surface area contributed by atoms with E-state index in [1.54, 1.807) is 0 Å². The zero-order valence-corrected chi connectivity index (χ0v) is 11.6. The van der Waals surface area contributed by atoms with Crippen LogP contribution in [-0.4, -0.2) is 59.6 Å². The molecule has 1 aliphatic rings. The number of ether oxygens (including phenoxy) is 1. The van der Waals surface area contributed by atoms with Gasteiger partial charge in [-0.3, -0.25) is 10.1 Å². The number of nitrogens with two attached hydrogens (primary N) is 2. The van der Waals surface area contributed by atoms with Gasteiger partial charge in [-0.25, -0.2) is 4.79 Å². The quantitative estimate of drug-likeness (QED) is 0.269. The molecule has 0 aromatic carbocycles. The molecule has 9 N–H and O–H groups in total. The topological polar surface area (TPSA) is 197 Å². The van der Waals surface area contributed by atoms with E-state index in [1.165, 1.54) is 12.3 Å². The minimum absolute atomic E-state index is 0.0537. The molecule has 0 unspecified atom stereocenters. The average Bonchev–Trinajstić information content (AvgIpc) is 2.66. The maximum Gasteiger partial charge on any atom is 0.351 e. The summed E-state index contributed by atoms with van der Waals surface area (Å²) < 4.78 is 6.19. The lowest BCUT2D eigenvalue weighted by Crippen LogP contribution is -2.36. The first-order chi connectivity index (χ1) is 9.77. The minimum atomic E-state index is -2.12. The molecule has 0 saturated carbocycles. The van der Waals surface area contributed by atoms with Crippen molar-refractivity contribution in [2.24, 2.45) is 5.50 Å². The van der Waals surface area contributed by atoms with E-state index in [0.29, 0.717) is 0 Å². The Balaban J connectivity index is 0.000000491. The molecule has 11 nitrogen and oxygen atoms in total. The van der Waals surface area contributed by atoms with Crippen LogP contribution in [0.4, 0.5) is 5.82 Å². The zero-order valence-electron chi connectivity index (χ0n) is 10.7. The first-order valence-corrected chi connectivity index (χ1v) is 6.99. The van der Waals surface area contributed by atoms with Crippen LogP contribution in [0.1, 0.15) is 6.23 Å². The third-order valence-corrected chi connectivity index (χ3v) is 2.64. The second-order valence-corrected chi connectivity index (χ2v) is 4.73. The zero-order chi connectivity index (χ0) is 16.2. The van der Waals surface area contributed by atoms with Crippen molar-refractivity contribution >= 4 is 14.3 Å². The highest BCUT2D eigenvalue weighted by Crippen LogP contribution is 2.27. The second-order valence-electron chi connectivity index (χ2n) is 4.09. The molecule has 0 bridgehead atoms. The predicted molar refractivity (Wildman–Crippen MR) is 71.5 cm³/mol. The van der Waals surface area contributed by atoms with E-state index in [2.05, 4.69) is 10.5 Å². The minimum Gasteiger partial charge on any atom is -0.394 e. The fourth-order valence-corrected chi connectivity index (χ4v) is 1.73. The molecule has 0 amide bonds. The summed E-state index contributed by atoms with van der Waals surface area (Å²) in [6.45, 7) is -0.453. The lowest BCUT2D eigenvalue weighted by Gasteiger charge is -2.16. The lowest BCUT2D eigenvalue weighted by atomic mass is 10.1. The molecule has 120 valence electrons. The number of anilines is 1. The molecule has 1 aromatic rings. The van der Waals surface area contributed by atoms with Crippen LogP contribution in [0, 0.1) is 0 Å². The third-order valence-electron chi connectivity index (χ3n) is 2.64. The van der Waals surface area contributed by atoms with E-state index in [4.69, 9.17) is 25.4 Å². The molecule has 0 aliphatic carbocycles. The molecule has 1 aromatic heterocycles. The maximum atomic E-state index is 11.5. The van der Waals surface area contributed by atoms with Gasteiger partial charge in [0.05, 0.1) is 6.61 Å². The monoisotopic (exact) mass is 324 g/mol. The van der Waals surface area contributed by atoms with Crippen molar-refractivity contribution in [3.63, 3.8) is 0 Å². The lowest BCUT2D eigenvalue weighted by molar-refractivity contribution is -0.0549. The van der Waals surface area contributed by atoms with Crippen LogP contribution < -0.4 is 16.9 Å². The number of nitrogens with zero attached hydrogens (tertiary/aromatic N) is 2. The summed E-state index contributed by atoms with van der Waals surface area (Å²) in [7, 11) is -2.12. The molecule has 1 saturated heterocycles. The van der Waals surface area contributed by atoms with Gasteiger partial charge < -0.3 is 35.6 Å². The molecular weight excluding hydrogens is 307 g/mol. The summed E-state index contributed by atoms with van der Waals surface area (Å²) in [5.41, 5.74) is 8.92. The molecular formula is C9H17N4O7P. The summed E-state index contributed by atoms with van der Waals surface area (Å²) in [6.07, 6.45) is -3.27. The number of rotatable bonds is 2. The van der Waals surface area contributed by atoms with Gasteiger partial charge in [-0.15, -0.1) is 0 Å². The fraction of sp³-hybridized carbons (Fsp3) is 0.556. The standard InChI is InChI=1S/C9H13N3O5.H4NO2P/c10-5-1-2-12(9(16)11-5)8-7(15)6(14)4(3-13)17-8;1-4(2)3/h1-2,4,6-8,13-15H,3H2,(H2,10,11,16);2-3H,1H2/t4-,6-,7+,8-;/m1./s1. The van der Waals surface area contributed by atoms with Crippen LogP contribution >= 0.6 is 8.53 Å². The Morgan fingerprint density at radius 1 is 1.38 bits per heavy atom. The molecule has 1 fully saturated rings. The van der Waals surface area contributed by atoms with E-state index in [-0.39, 0.29) is 5.82 Å². The smallest absolute Gasteiger partial charge is 0.351 e. The Bertz CT molecular complexity index is 510. The summed E-state index contributed by atoms with van der Waals surface area (Å²) in [4.78, 5) is 29.9. The number of aliphatic hydroxyl groups excluding tert-OH is 3. The summed E-state index contributed by atoms with van der Waals surface area (Å²) in [5, 5.41) is 28.2. The molecule has 1 aliphatic heterocycles. The van der Waals surface area contributed by atoms with E-state index in [9.17, 15) is 15.0 Å². The highest BCUT2D eigenvalue weighted by Gasteiger charge is 2.43. The summed E-state index contributed by atoms with van der Waals surface area (Å²) >= 11 is 0. The van der Waals surface area contributed by atoms with Crippen LogP contribution in [0.25, 0.3) is 0 Å². The molecule has 0 radical (unpaired) electrons. The SMILES string of the molecule is NP(O)O.Nc1ccn([C@@H]2O[C@H](CO)[C@@H](O)[C@@H]2O)c(=O)n1. The Morgan fingerprint density at radius 3 is 2.38 bits per heavy atom. The molecule has 12 heteroatoms. The van der Waals surface area contributed by atoms with Gasteiger partial charge in [-0.2, -0.15) is 4.98 Å². The second kappa shape index (κ2) is 7.73. The number of hydrogen-bond donors (Lipinski definition) is 7. The first kappa shape index (κ1) is 17.9. The molecule has 0 spiro atoms. The van der Waals surface area contributed by atoms with E-state index >= 15 is 0 Å². The van der Waals surface area contributed by atoms with E-state index < -0.39 is 45.4 Å². The maximum absolute atomic E-state index is 11.5. The van der Waals surface area contributed by atoms with Crippen molar-refractivity contribution in [3.8, 4) is 0 Å². The Labute approximate surface area is 120 Å². The van der Waals surface area contributed by atoms with Crippen LogP contribution in [0.15, 0.2) is 17.1 Å². The largest absolute Gasteiger partial charge is 0.394 e. The predicted octanol–water partition coefficient (Wildman–Crippen LogP) is -3.41. The molecule has 4 atom stereocenters. The van der Waals surface area contributed by atoms with Gasteiger partial charge in [0.2, 0.25) is 8.53 Å². The van der Waals surface area contributed by atoms with Crippen molar-refractivity contribution in [1.82, 2.24) is 9.55 Å². The van der Waals surface area contributed by atoms with Crippen molar-refractivity contribution in [2.75, 3.05) is 12.3 Å². The van der Waals surface area contributed by atoms with Crippen molar-refractivity contribution in [2.45, 2.75) is 24.5 Å². The van der Waals surface area contributed by atoms with Gasteiger partial charge in [-0.1, -0.05) is 0 Å². The van der Waals surface area contributed by atoms with Gasteiger partial charge in [0.1, 0.15) is 24.1 Å². The molecule has 21 heavy (non-hydrogen) atoms. The van der Waals surface area contributed by atoms with E-state index in [1.807, 2.05) is 0 Å². The van der Waals surface area contributed by atoms with Gasteiger partial charge in [0.25, 0.3) is 0 Å². The van der Waals surface area contributed by atoms with Crippen molar-refractivity contribution in [3.05, 3.63) is 22.7 Å². The average molecular weight is 324 g/mol. The fourth-order valence-electron chi connectivity index (χ4n) is 1.73. The Hall–Kier alpha value is -1.17. The normalized spacial score (nSPS) is 28.3. The third kappa shape index (κ3) is 4.66. The van der Waals surface area contributed by atoms with Crippen molar-refractivity contribution in [1.29, 1.82) is 0 Å². The van der Waals surface area contributed by atoms with Gasteiger partial charge >= 0.3 is 5.69 Å². The van der Waals surface area contributed by atoms with Crippen LogP contribution in [-0.2, 0) is 4.74 Å².